The highest BCUT2D eigenvalue weighted by molar-refractivity contribution is 7.89. The van der Waals surface area contributed by atoms with Gasteiger partial charge in [-0.15, -0.1) is 0 Å². The molecule has 120 valence electrons. The van der Waals surface area contributed by atoms with Gasteiger partial charge in [0.25, 0.3) is 0 Å². The first kappa shape index (κ1) is 15.8. The van der Waals surface area contributed by atoms with E-state index in [0.717, 1.165) is 23.2 Å². The van der Waals surface area contributed by atoms with Crippen LogP contribution in [0.25, 0.3) is 11.0 Å². The molecule has 1 aliphatic heterocycles. The summed E-state index contributed by atoms with van der Waals surface area (Å²) in [7, 11) is -3.02. The minimum Gasteiger partial charge on any atom is -0.459 e. The first-order chi connectivity index (χ1) is 10.5. The van der Waals surface area contributed by atoms with Crippen LogP contribution in [-0.4, -0.2) is 38.1 Å². The molecule has 0 bridgehead atoms. The lowest BCUT2D eigenvalue weighted by molar-refractivity contribution is 0.401. The molecule has 1 aromatic heterocycles. The van der Waals surface area contributed by atoms with Crippen LogP contribution in [0.2, 0.25) is 5.02 Å². The maximum absolute atomic E-state index is 11.7. The Morgan fingerprint density at radius 1 is 1.41 bits per heavy atom. The van der Waals surface area contributed by atoms with Crippen LogP contribution in [0, 0.1) is 0 Å². The van der Waals surface area contributed by atoms with Gasteiger partial charge in [0.05, 0.1) is 11.8 Å². The molecule has 1 N–H and O–H groups in total. The number of rotatable bonds is 5. The molecular weight excluding hydrogens is 324 g/mol. The summed E-state index contributed by atoms with van der Waals surface area (Å²) in [6.07, 6.45) is 0.724. The lowest BCUT2D eigenvalue weighted by atomic mass is 10.2. The Morgan fingerprint density at radius 3 is 2.95 bits per heavy atom. The van der Waals surface area contributed by atoms with Crippen LogP contribution in [0.1, 0.15) is 25.1 Å². The molecule has 5 nitrogen and oxygen atoms in total. The molecule has 0 unspecified atom stereocenters. The van der Waals surface area contributed by atoms with Crippen molar-refractivity contribution < 1.29 is 12.8 Å². The molecule has 1 aromatic carbocycles. The zero-order valence-electron chi connectivity index (χ0n) is 12.4. The second kappa shape index (κ2) is 6.20. The highest BCUT2D eigenvalue weighted by atomic mass is 35.5. The Labute approximate surface area is 135 Å². The Bertz CT molecular complexity index is 772. The van der Waals surface area contributed by atoms with E-state index in [1.807, 2.05) is 25.1 Å². The van der Waals surface area contributed by atoms with E-state index < -0.39 is 10.0 Å². The molecule has 1 fully saturated rings. The third kappa shape index (κ3) is 3.30. The van der Waals surface area contributed by atoms with Crippen LogP contribution in [0.3, 0.4) is 0 Å². The Kier molecular flexibility index (Phi) is 4.45. The van der Waals surface area contributed by atoms with E-state index in [1.54, 1.807) is 10.4 Å². The third-order valence-corrected chi connectivity index (χ3v) is 6.13. The number of hydrogen-bond donors (Lipinski definition) is 1. The van der Waals surface area contributed by atoms with Crippen molar-refractivity contribution in [3.8, 4) is 0 Å². The molecule has 0 spiro atoms. The minimum atomic E-state index is -3.02. The Hall–Kier alpha value is -1.08. The average Bonchev–Trinajstić information content (AvgIpc) is 3.01. The van der Waals surface area contributed by atoms with Crippen molar-refractivity contribution in [1.82, 2.24) is 9.62 Å². The average molecular weight is 343 g/mol. The van der Waals surface area contributed by atoms with Crippen molar-refractivity contribution in [1.29, 1.82) is 0 Å². The van der Waals surface area contributed by atoms with E-state index in [4.69, 9.17) is 16.0 Å². The van der Waals surface area contributed by atoms with Gasteiger partial charge in [0.1, 0.15) is 11.3 Å². The molecule has 1 saturated heterocycles. The van der Waals surface area contributed by atoms with Gasteiger partial charge in [-0.05, 0) is 37.6 Å². The van der Waals surface area contributed by atoms with Crippen LogP contribution in [-0.2, 0) is 10.0 Å². The fraction of sp³-hybridized carbons (Fsp3) is 0.467. The van der Waals surface area contributed by atoms with Gasteiger partial charge in [-0.25, -0.2) is 12.7 Å². The SMILES string of the molecule is C[C@@H](NCCN1CCCS1(=O)=O)c1cc2cc(Cl)ccc2o1. The van der Waals surface area contributed by atoms with Crippen molar-refractivity contribution in [2.24, 2.45) is 0 Å². The maximum atomic E-state index is 11.7. The molecule has 0 aliphatic carbocycles. The van der Waals surface area contributed by atoms with Gasteiger partial charge in [-0.3, -0.25) is 0 Å². The molecule has 1 atom stereocenters. The number of fused-ring (bicyclic) bond motifs is 1. The summed E-state index contributed by atoms with van der Waals surface area (Å²) in [5, 5.41) is 4.96. The van der Waals surface area contributed by atoms with Gasteiger partial charge < -0.3 is 9.73 Å². The molecule has 22 heavy (non-hydrogen) atoms. The van der Waals surface area contributed by atoms with E-state index >= 15 is 0 Å². The molecule has 3 rings (SSSR count). The number of halogens is 1. The Balaban J connectivity index is 1.60. The van der Waals surface area contributed by atoms with Crippen molar-refractivity contribution in [2.45, 2.75) is 19.4 Å². The van der Waals surface area contributed by atoms with E-state index in [-0.39, 0.29) is 11.8 Å². The second-order valence-corrected chi connectivity index (χ2v) is 8.10. The van der Waals surface area contributed by atoms with Gasteiger partial charge in [0, 0.05) is 30.0 Å². The quantitative estimate of drug-likeness (QED) is 0.907. The van der Waals surface area contributed by atoms with Gasteiger partial charge in [-0.2, -0.15) is 0 Å². The summed E-state index contributed by atoms with van der Waals surface area (Å²) in [5.74, 6) is 1.09. The first-order valence-corrected chi connectivity index (χ1v) is 9.35. The standard InChI is InChI=1S/C15H19ClN2O3S/c1-11(17-5-7-18-6-2-8-22(18,19)20)15-10-12-9-13(16)3-4-14(12)21-15/h3-4,9-11,17H,2,5-8H2,1H3/t11-/m1/s1. The van der Waals surface area contributed by atoms with Crippen LogP contribution >= 0.6 is 11.6 Å². The van der Waals surface area contributed by atoms with Crippen molar-refractivity contribution in [3.63, 3.8) is 0 Å². The molecule has 2 aromatic rings. The van der Waals surface area contributed by atoms with Crippen molar-refractivity contribution in [3.05, 3.63) is 35.0 Å². The second-order valence-electron chi connectivity index (χ2n) is 5.58. The predicted octanol–water partition coefficient (Wildman–Crippen LogP) is 2.77. The van der Waals surface area contributed by atoms with E-state index in [2.05, 4.69) is 5.32 Å². The van der Waals surface area contributed by atoms with Crippen LogP contribution in [0.15, 0.2) is 28.7 Å². The molecule has 1 aliphatic rings. The number of sulfonamides is 1. The highest BCUT2D eigenvalue weighted by Gasteiger charge is 2.27. The number of benzene rings is 1. The maximum Gasteiger partial charge on any atom is 0.214 e. The van der Waals surface area contributed by atoms with Gasteiger partial charge >= 0.3 is 0 Å². The molecule has 0 radical (unpaired) electrons. The number of nitrogens with zero attached hydrogens (tertiary/aromatic N) is 1. The Morgan fingerprint density at radius 2 is 2.23 bits per heavy atom. The zero-order valence-corrected chi connectivity index (χ0v) is 14.0. The molecule has 0 saturated carbocycles. The summed E-state index contributed by atoms with van der Waals surface area (Å²) in [6, 6.07) is 7.49. The van der Waals surface area contributed by atoms with Gasteiger partial charge in [0.15, 0.2) is 0 Å². The fourth-order valence-corrected chi connectivity index (χ4v) is 4.41. The molecule has 2 heterocycles. The van der Waals surface area contributed by atoms with Crippen LogP contribution < -0.4 is 5.32 Å². The monoisotopic (exact) mass is 342 g/mol. The third-order valence-electron chi connectivity index (χ3n) is 3.94. The number of furan rings is 1. The van der Waals surface area contributed by atoms with Crippen LogP contribution in [0.5, 0.6) is 0 Å². The van der Waals surface area contributed by atoms with E-state index in [1.165, 1.54) is 0 Å². The summed E-state index contributed by atoms with van der Waals surface area (Å²) >= 11 is 5.97. The fourth-order valence-electron chi connectivity index (χ4n) is 2.70. The summed E-state index contributed by atoms with van der Waals surface area (Å²) < 4.78 is 30.8. The van der Waals surface area contributed by atoms with Gasteiger partial charge in [-0.1, -0.05) is 11.6 Å². The van der Waals surface area contributed by atoms with Crippen molar-refractivity contribution in [2.75, 3.05) is 25.4 Å². The summed E-state index contributed by atoms with van der Waals surface area (Å²) in [4.78, 5) is 0. The summed E-state index contributed by atoms with van der Waals surface area (Å²) in [6.45, 7) is 3.72. The zero-order chi connectivity index (χ0) is 15.7. The lowest BCUT2D eigenvalue weighted by Crippen LogP contribution is -2.34. The largest absolute Gasteiger partial charge is 0.459 e. The van der Waals surface area contributed by atoms with E-state index in [0.29, 0.717) is 24.7 Å². The predicted molar refractivity (Wildman–Crippen MR) is 87.6 cm³/mol. The smallest absolute Gasteiger partial charge is 0.214 e. The highest BCUT2D eigenvalue weighted by Crippen LogP contribution is 2.26. The van der Waals surface area contributed by atoms with E-state index in [9.17, 15) is 8.42 Å². The summed E-state index contributed by atoms with van der Waals surface area (Å²) in [5.41, 5.74) is 0.801. The lowest BCUT2D eigenvalue weighted by Gasteiger charge is -2.16. The van der Waals surface area contributed by atoms with Gasteiger partial charge in [0.2, 0.25) is 10.0 Å². The number of hydrogen-bond acceptors (Lipinski definition) is 4. The molecule has 0 amide bonds. The molecular formula is C15H19ClN2O3S. The number of nitrogens with one attached hydrogen (secondary N) is 1. The topological polar surface area (TPSA) is 62.6 Å². The van der Waals surface area contributed by atoms with Crippen LogP contribution in [0.4, 0.5) is 0 Å². The first-order valence-electron chi connectivity index (χ1n) is 7.36. The molecule has 7 heteroatoms. The van der Waals surface area contributed by atoms with Crippen molar-refractivity contribution >= 4 is 32.6 Å². The minimum absolute atomic E-state index is 0.0106. The normalized spacial score (nSPS) is 19.7.